The lowest BCUT2D eigenvalue weighted by atomic mass is 10.2. The highest BCUT2D eigenvalue weighted by Gasteiger charge is 2.24. The molecule has 2 amide bonds. The molecule has 2 rings (SSSR count). The molecule has 0 unspecified atom stereocenters. The lowest BCUT2D eigenvalue weighted by molar-refractivity contribution is 0.255. The van der Waals surface area contributed by atoms with Crippen molar-refractivity contribution in [2.24, 2.45) is 10.9 Å². The monoisotopic (exact) mass is 343 g/mol. The Morgan fingerprint density at radius 1 is 1.09 bits per heavy atom. The van der Waals surface area contributed by atoms with Crippen LogP contribution in [0.25, 0.3) is 0 Å². The molecule has 122 valence electrons. The minimum Gasteiger partial charge on any atom is -0.369 e. The topological polar surface area (TPSA) is 116 Å². The number of hydrogen-bond acceptors (Lipinski definition) is 4. The lowest BCUT2D eigenvalue weighted by Gasteiger charge is -2.23. The molecule has 0 aliphatic carbocycles. The first kappa shape index (κ1) is 16.6. The molecule has 10 heteroatoms. The Morgan fingerprint density at radius 2 is 1.74 bits per heavy atom. The van der Waals surface area contributed by atoms with Gasteiger partial charge in [-0.15, -0.1) is 0 Å². The summed E-state index contributed by atoms with van der Waals surface area (Å²) in [5, 5.41) is 4.79. The maximum absolute atomic E-state index is 13.9. The Balaban J connectivity index is 2.61. The number of carbonyl (C=O) groups excluding carboxylic acids is 1. The van der Waals surface area contributed by atoms with Crippen LogP contribution < -0.4 is 20.0 Å². The number of urea groups is 1. The molecule has 7 nitrogen and oxygen atoms in total. The SMILES string of the molecule is NC(=O)N(c1ccc(F)cc1F)c1ccccc1OS(N)(=O)=O. The Morgan fingerprint density at radius 3 is 2.30 bits per heavy atom. The number of halogens is 2. The number of nitrogens with two attached hydrogens (primary N) is 2. The molecule has 23 heavy (non-hydrogen) atoms. The number of para-hydroxylation sites is 2. The van der Waals surface area contributed by atoms with E-state index >= 15 is 0 Å². The molecule has 2 aromatic rings. The van der Waals surface area contributed by atoms with E-state index in [0.29, 0.717) is 11.0 Å². The van der Waals surface area contributed by atoms with Gasteiger partial charge in [0.25, 0.3) is 0 Å². The molecule has 0 atom stereocenters. The number of primary amides is 1. The number of nitrogens with zero attached hydrogens (tertiary/aromatic N) is 1. The second kappa shape index (κ2) is 6.18. The second-order valence-electron chi connectivity index (χ2n) is 4.31. The summed E-state index contributed by atoms with van der Waals surface area (Å²) in [5.41, 5.74) is 4.66. The van der Waals surface area contributed by atoms with Gasteiger partial charge in [0.1, 0.15) is 11.6 Å². The molecule has 0 heterocycles. The van der Waals surface area contributed by atoms with Crippen LogP contribution in [0.2, 0.25) is 0 Å². The van der Waals surface area contributed by atoms with Gasteiger partial charge in [-0.1, -0.05) is 12.1 Å². The van der Waals surface area contributed by atoms with Crippen molar-refractivity contribution in [3.63, 3.8) is 0 Å². The van der Waals surface area contributed by atoms with Gasteiger partial charge in [-0.2, -0.15) is 13.6 Å². The van der Waals surface area contributed by atoms with Crippen molar-refractivity contribution < 1.29 is 26.2 Å². The van der Waals surface area contributed by atoms with E-state index in [2.05, 4.69) is 4.18 Å². The average molecular weight is 343 g/mol. The van der Waals surface area contributed by atoms with Crippen LogP contribution in [-0.2, 0) is 10.3 Å². The quantitative estimate of drug-likeness (QED) is 0.880. The summed E-state index contributed by atoms with van der Waals surface area (Å²) in [4.78, 5) is 12.3. The maximum atomic E-state index is 13.9. The van der Waals surface area contributed by atoms with Gasteiger partial charge in [-0.3, -0.25) is 4.90 Å². The van der Waals surface area contributed by atoms with Crippen LogP contribution in [0, 0.1) is 11.6 Å². The zero-order chi connectivity index (χ0) is 17.2. The van der Waals surface area contributed by atoms with Gasteiger partial charge >= 0.3 is 16.3 Å². The van der Waals surface area contributed by atoms with Crippen LogP contribution in [-0.4, -0.2) is 14.4 Å². The molecule has 0 aromatic heterocycles. The molecule has 0 spiro atoms. The van der Waals surface area contributed by atoms with E-state index in [0.717, 1.165) is 12.1 Å². The minimum absolute atomic E-state index is 0.181. The lowest BCUT2D eigenvalue weighted by Crippen LogP contribution is -2.33. The van der Waals surface area contributed by atoms with Crippen LogP contribution in [0.3, 0.4) is 0 Å². The van der Waals surface area contributed by atoms with E-state index in [1.54, 1.807) is 0 Å². The summed E-state index contributed by atoms with van der Waals surface area (Å²) in [7, 11) is -4.39. The number of amides is 2. The van der Waals surface area contributed by atoms with Crippen LogP contribution >= 0.6 is 0 Å². The number of hydrogen-bond donors (Lipinski definition) is 2. The van der Waals surface area contributed by atoms with E-state index in [1.165, 1.54) is 24.3 Å². The fraction of sp³-hybridized carbons (Fsp3) is 0. The largest absolute Gasteiger partial charge is 0.380 e. The van der Waals surface area contributed by atoms with Crippen LogP contribution in [0.5, 0.6) is 5.75 Å². The zero-order valence-electron chi connectivity index (χ0n) is 11.4. The summed E-state index contributed by atoms with van der Waals surface area (Å²) in [6, 6.07) is 6.59. The Hall–Kier alpha value is -2.72. The van der Waals surface area contributed by atoms with Crippen molar-refractivity contribution in [1.29, 1.82) is 0 Å². The Bertz CT molecular complexity index is 858. The molecule has 0 saturated heterocycles. The van der Waals surface area contributed by atoms with Gasteiger partial charge < -0.3 is 9.92 Å². The third-order valence-corrected chi connectivity index (χ3v) is 3.09. The van der Waals surface area contributed by atoms with Crippen molar-refractivity contribution in [1.82, 2.24) is 0 Å². The molecule has 0 bridgehead atoms. The van der Waals surface area contributed by atoms with Gasteiger partial charge in [0, 0.05) is 6.07 Å². The van der Waals surface area contributed by atoms with Gasteiger partial charge in [0.15, 0.2) is 5.75 Å². The van der Waals surface area contributed by atoms with E-state index in [1.807, 2.05) is 0 Å². The van der Waals surface area contributed by atoms with E-state index in [9.17, 15) is 22.0 Å². The molecule has 0 aliphatic heterocycles. The summed E-state index contributed by atoms with van der Waals surface area (Å²) in [6.07, 6.45) is 0. The molecule has 0 fully saturated rings. The predicted octanol–water partition coefficient (Wildman–Crippen LogP) is 1.76. The smallest absolute Gasteiger partial charge is 0.369 e. The summed E-state index contributed by atoms with van der Waals surface area (Å²) >= 11 is 0. The highest BCUT2D eigenvalue weighted by molar-refractivity contribution is 7.84. The first-order chi connectivity index (χ1) is 10.7. The average Bonchev–Trinajstić information content (AvgIpc) is 2.41. The first-order valence-electron chi connectivity index (χ1n) is 6.05. The summed E-state index contributed by atoms with van der Waals surface area (Å²) in [5.74, 6) is -2.28. The van der Waals surface area contributed by atoms with E-state index in [4.69, 9.17) is 10.9 Å². The Labute approximate surface area is 130 Å². The predicted molar refractivity (Wildman–Crippen MR) is 78.3 cm³/mol. The minimum atomic E-state index is -4.39. The maximum Gasteiger partial charge on any atom is 0.380 e. The van der Waals surface area contributed by atoms with Crippen LogP contribution in [0.15, 0.2) is 42.5 Å². The first-order valence-corrected chi connectivity index (χ1v) is 7.52. The Kier molecular flexibility index (Phi) is 4.48. The summed E-state index contributed by atoms with van der Waals surface area (Å²) in [6.45, 7) is 0. The van der Waals surface area contributed by atoms with E-state index in [-0.39, 0.29) is 17.1 Å². The van der Waals surface area contributed by atoms with Crippen molar-refractivity contribution in [2.75, 3.05) is 4.90 Å². The second-order valence-corrected chi connectivity index (χ2v) is 5.47. The fourth-order valence-electron chi connectivity index (χ4n) is 1.87. The normalized spacial score (nSPS) is 11.1. The molecule has 0 saturated carbocycles. The fourth-order valence-corrected chi connectivity index (χ4v) is 2.26. The van der Waals surface area contributed by atoms with Gasteiger partial charge in [0.2, 0.25) is 0 Å². The van der Waals surface area contributed by atoms with E-state index < -0.39 is 28.0 Å². The molecule has 4 N–H and O–H groups in total. The van der Waals surface area contributed by atoms with Crippen molar-refractivity contribution in [3.05, 3.63) is 54.1 Å². The number of anilines is 2. The molecule has 2 aromatic carbocycles. The highest BCUT2D eigenvalue weighted by atomic mass is 32.2. The van der Waals surface area contributed by atoms with Crippen LogP contribution in [0.1, 0.15) is 0 Å². The number of carbonyl (C=O) groups is 1. The van der Waals surface area contributed by atoms with Crippen molar-refractivity contribution >= 4 is 27.7 Å². The van der Waals surface area contributed by atoms with Crippen molar-refractivity contribution in [3.8, 4) is 5.75 Å². The molecule has 0 radical (unpaired) electrons. The van der Waals surface area contributed by atoms with Crippen LogP contribution in [0.4, 0.5) is 25.0 Å². The number of rotatable bonds is 4. The van der Waals surface area contributed by atoms with Crippen molar-refractivity contribution in [2.45, 2.75) is 0 Å². The van der Waals surface area contributed by atoms with Gasteiger partial charge in [-0.05, 0) is 24.3 Å². The summed E-state index contributed by atoms with van der Waals surface area (Å²) < 4.78 is 53.7. The third-order valence-electron chi connectivity index (χ3n) is 2.68. The zero-order valence-corrected chi connectivity index (χ0v) is 12.3. The van der Waals surface area contributed by atoms with Gasteiger partial charge in [0.05, 0.1) is 11.4 Å². The highest BCUT2D eigenvalue weighted by Crippen LogP contribution is 2.35. The molecular weight excluding hydrogens is 332 g/mol. The molecule has 0 aliphatic rings. The third kappa shape index (κ3) is 3.93. The molecular formula is C13H11F2N3O4S. The van der Waals surface area contributed by atoms with Gasteiger partial charge in [-0.25, -0.2) is 13.6 Å². The standard InChI is InChI=1S/C13H11F2N3O4S/c14-8-5-6-10(9(15)7-8)18(13(16)19)11-3-1-2-4-12(11)22-23(17,20)21/h1-7H,(H2,16,19)(H2,17,20,21). The number of benzene rings is 2.